The summed E-state index contributed by atoms with van der Waals surface area (Å²) in [6.07, 6.45) is 1.28. The highest BCUT2D eigenvalue weighted by atomic mass is 32.2. The van der Waals surface area contributed by atoms with Gasteiger partial charge < -0.3 is 21.1 Å². The molecule has 0 aromatic heterocycles. The lowest BCUT2D eigenvalue weighted by Crippen LogP contribution is -2.54. The van der Waals surface area contributed by atoms with Crippen molar-refractivity contribution in [1.29, 1.82) is 0 Å². The van der Waals surface area contributed by atoms with E-state index in [-0.39, 0.29) is 30.7 Å². The lowest BCUT2D eigenvalue weighted by Gasteiger charge is -2.26. The Labute approximate surface area is 235 Å². The Morgan fingerprint density at radius 1 is 0.950 bits per heavy atom. The highest BCUT2D eigenvalue weighted by molar-refractivity contribution is 7.92. The zero-order valence-corrected chi connectivity index (χ0v) is 23.8. The first-order chi connectivity index (χ1) is 19.0. The van der Waals surface area contributed by atoms with Crippen molar-refractivity contribution in [3.8, 4) is 0 Å². The fraction of sp³-hybridized carbons (Fsp3) is 0.448. The number of nitrogens with two attached hydrogens (primary N) is 1. The summed E-state index contributed by atoms with van der Waals surface area (Å²) in [5.74, 6) is -3.11. The zero-order chi connectivity index (χ0) is 29.7. The van der Waals surface area contributed by atoms with Crippen LogP contribution in [0.4, 0.5) is 13.6 Å². The Balaban J connectivity index is 2.29. The number of ether oxygens (including phenoxy) is 1. The zero-order valence-electron chi connectivity index (χ0n) is 23.0. The molecule has 2 rings (SSSR count). The molecule has 11 heteroatoms. The van der Waals surface area contributed by atoms with Gasteiger partial charge in [-0.05, 0) is 54.6 Å². The highest BCUT2D eigenvalue weighted by Crippen LogP contribution is 2.22. The number of carbonyl (C=O) groups is 2. The third-order valence-electron chi connectivity index (χ3n) is 6.38. The van der Waals surface area contributed by atoms with Crippen molar-refractivity contribution in [2.45, 2.75) is 69.9 Å². The predicted octanol–water partition coefficient (Wildman–Crippen LogP) is 4.49. The molecule has 4 N–H and O–H groups in total. The van der Waals surface area contributed by atoms with Crippen LogP contribution in [0.25, 0.3) is 5.57 Å². The first-order valence-corrected chi connectivity index (χ1v) is 15.1. The summed E-state index contributed by atoms with van der Waals surface area (Å²) in [5, 5.41) is 4.38. The summed E-state index contributed by atoms with van der Waals surface area (Å²) in [5.41, 5.74) is 6.72. The second-order valence-electron chi connectivity index (χ2n) is 9.61. The molecule has 2 aromatic rings. The number of nitrogens with one attached hydrogen (secondary N) is 2. The Hall–Kier alpha value is -3.31. The van der Waals surface area contributed by atoms with E-state index in [9.17, 15) is 26.8 Å². The maximum Gasteiger partial charge on any atom is 0.408 e. The van der Waals surface area contributed by atoms with E-state index in [2.05, 4.69) is 17.2 Å². The predicted molar refractivity (Wildman–Crippen MR) is 152 cm³/mol. The number of amides is 2. The molecule has 0 aliphatic rings. The van der Waals surface area contributed by atoms with Crippen LogP contribution in [0.5, 0.6) is 0 Å². The van der Waals surface area contributed by atoms with E-state index < -0.39 is 56.6 Å². The van der Waals surface area contributed by atoms with Crippen LogP contribution >= 0.6 is 0 Å². The molecule has 220 valence electrons. The summed E-state index contributed by atoms with van der Waals surface area (Å²) in [4.78, 5) is 26.1. The van der Waals surface area contributed by atoms with Crippen LogP contribution in [0.3, 0.4) is 0 Å². The van der Waals surface area contributed by atoms with Crippen molar-refractivity contribution < 1.29 is 31.5 Å². The summed E-state index contributed by atoms with van der Waals surface area (Å²) >= 11 is 0. The molecule has 0 aliphatic carbocycles. The normalized spacial score (nSPS) is 12.9. The van der Waals surface area contributed by atoms with E-state index in [0.29, 0.717) is 37.3 Å². The quantitative estimate of drug-likeness (QED) is 0.269. The molecule has 0 fully saturated rings. The molecule has 0 aliphatic heterocycles. The number of rotatable bonds is 16. The number of carbonyl (C=O) groups excluding carboxylic acids is 2. The van der Waals surface area contributed by atoms with E-state index in [1.165, 1.54) is 0 Å². The molecule has 2 amide bonds. The average Bonchev–Trinajstić information content (AvgIpc) is 2.90. The molecule has 0 heterocycles. The lowest BCUT2D eigenvalue weighted by atomic mass is 9.97. The van der Waals surface area contributed by atoms with Gasteiger partial charge in [0.05, 0.1) is 17.0 Å². The molecule has 8 nitrogen and oxygen atoms in total. The fourth-order valence-corrected chi connectivity index (χ4v) is 6.48. The largest absolute Gasteiger partial charge is 0.445 e. The van der Waals surface area contributed by atoms with Crippen LogP contribution in [0.15, 0.2) is 55.1 Å². The van der Waals surface area contributed by atoms with Crippen LogP contribution in [0, 0.1) is 11.6 Å². The molecule has 2 aromatic carbocycles. The molecule has 0 unspecified atom stereocenters. The van der Waals surface area contributed by atoms with Crippen molar-refractivity contribution in [3.63, 3.8) is 0 Å². The maximum atomic E-state index is 13.8. The van der Waals surface area contributed by atoms with Crippen LogP contribution in [-0.2, 0) is 26.0 Å². The minimum atomic E-state index is -3.81. The van der Waals surface area contributed by atoms with Crippen molar-refractivity contribution in [2.75, 3.05) is 12.3 Å². The number of hydrogen-bond acceptors (Lipinski definition) is 6. The standard InChI is InChI=1S/C29H39F2N3O5S/c1-4-9-25(10-5-2)40(37,38)19-27(34-29(36)39-18-21-11-7-6-8-12-21)28(35)33-26(13-14-32)20(3)22-15-23(30)17-24(31)16-22/h6-8,11-12,15-17,25-27H,3-5,9-10,13-14,18-19,32H2,1-2H3,(H,33,35)(H,34,36)/t26-,27-/m1/s1. The number of halogens is 2. The third kappa shape index (κ3) is 10.3. The van der Waals surface area contributed by atoms with Gasteiger partial charge in [-0.3, -0.25) is 4.79 Å². The van der Waals surface area contributed by atoms with Gasteiger partial charge in [-0.2, -0.15) is 0 Å². The first kappa shape index (κ1) is 32.9. The summed E-state index contributed by atoms with van der Waals surface area (Å²) in [6.45, 7) is 7.64. The van der Waals surface area contributed by atoms with Gasteiger partial charge in [-0.15, -0.1) is 0 Å². The first-order valence-electron chi connectivity index (χ1n) is 13.3. The number of sulfone groups is 1. The van der Waals surface area contributed by atoms with Gasteiger partial charge in [0.2, 0.25) is 5.91 Å². The Morgan fingerprint density at radius 2 is 1.55 bits per heavy atom. The van der Waals surface area contributed by atoms with Crippen molar-refractivity contribution in [2.24, 2.45) is 5.73 Å². The van der Waals surface area contributed by atoms with Crippen LogP contribution < -0.4 is 16.4 Å². The van der Waals surface area contributed by atoms with E-state index in [1.54, 1.807) is 24.3 Å². The lowest BCUT2D eigenvalue weighted by molar-refractivity contribution is -0.123. The topological polar surface area (TPSA) is 128 Å². The SMILES string of the molecule is C=C(c1cc(F)cc(F)c1)[C@@H](CCN)NC(=O)[C@@H](CS(=O)(=O)C(CCC)CCC)NC(=O)OCc1ccccc1. The summed E-state index contributed by atoms with van der Waals surface area (Å²) in [7, 11) is -3.81. The molecule has 0 spiro atoms. The maximum absolute atomic E-state index is 13.8. The van der Waals surface area contributed by atoms with Gasteiger partial charge in [0.1, 0.15) is 24.3 Å². The number of hydrogen-bond donors (Lipinski definition) is 3. The molecular weight excluding hydrogens is 540 g/mol. The molecule has 40 heavy (non-hydrogen) atoms. The van der Waals surface area contributed by atoms with Crippen LogP contribution in [0.1, 0.15) is 57.1 Å². The summed E-state index contributed by atoms with van der Waals surface area (Å²) in [6, 6.07) is 9.33. The second kappa shape index (κ2) is 16.1. The minimum Gasteiger partial charge on any atom is -0.445 e. The van der Waals surface area contributed by atoms with Crippen LogP contribution in [0.2, 0.25) is 0 Å². The number of alkyl carbamates (subject to hydrolysis) is 1. The molecule has 0 radical (unpaired) electrons. The molecule has 2 atom stereocenters. The monoisotopic (exact) mass is 579 g/mol. The fourth-order valence-electron chi connectivity index (χ4n) is 4.32. The highest BCUT2D eigenvalue weighted by Gasteiger charge is 2.33. The third-order valence-corrected chi connectivity index (χ3v) is 8.66. The van der Waals surface area contributed by atoms with Gasteiger partial charge in [0, 0.05) is 6.07 Å². The van der Waals surface area contributed by atoms with Crippen molar-refractivity contribution in [3.05, 3.63) is 77.9 Å². The average molecular weight is 580 g/mol. The van der Waals surface area contributed by atoms with E-state index in [1.807, 2.05) is 19.9 Å². The van der Waals surface area contributed by atoms with E-state index in [0.717, 1.165) is 12.1 Å². The van der Waals surface area contributed by atoms with Gasteiger partial charge in [0.25, 0.3) is 0 Å². The molecule has 0 saturated heterocycles. The summed E-state index contributed by atoms with van der Waals surface area (Å²) < 4.78 is 59.6. The smallest absolute Gasteiger partial charge is 0.408 e. The van der Waals surface area contributed by atoms with Crippen molar-refractivity contribution in [1.82, 2.24) is 10.6 Å². The van der Waals surface area contributed by atoms with Gasteiger partial charge >= 0.3 is 6.09 Å². The second-order valence-corrected chi connectivity index (χ2v) is 11.9. The Bertz CT molecular complexity index is 1220. The van der Waals surface area contributed by atoms with Gasteiger partial charge in [-0.1, -0.05) is 63.6 Å². The number of benzene rings is 2. The van der Waals surface area contributed by atoms with Crippen molar-refractivity contribution >= 4 is 27.4 Å². The molecular formula is C29H39F2N3O5S. The minimum absolute atomic E-state index is 0.0835. The van der Waals surface area contributed by atoms with Gasteiger partial charge in [-0.25, -0.2) is 22.0 Å². The van der Waals surface area contributed by atoms with E-state index in [4.69, 9.17) is 10.5 Å². The molecule has 0 saturated carbocycles. The molecule has 0 bridgehead atoms. The van der Waals surface area contributed by atoms with E-state index >= 15 is 0 Å². The van der Waals surface area contributed by atoms with Gasteiger partial charge in [0.15, 0.2) is 9.84 Å². The Morgan fingerprint density at radius 3 is 2.10 bits per heavy atom. The van der Waals surface area contributed by atoms with Crippen LogP contribution in [-0.4, -0.2) is 50.0 Å². The Kier molecular flexibility index (Phi) is 13.2.